The molecule has 1 aromatic carbocycles. The SMILES string of the molecule is COc1ccccc1-c1nc(CC(=O)NCCc2csc3ncnn23)c(C)o1. The maximum absolute atomic E-state index is 12.3. The first kappa shape index (κ1) is 18.2. The topological polar surface area (TPSA) is 94.5 Å². The summed E-state index contributed by atoms with van der Waals surface area (Å²) in [6, 6.07) is 7.49. The Bertz CT molecular complexity index is 1110. The first-order valence-corrected chi connectivity index (χ1v) is 9.66. The molecule has 3 aromatic heterocycles. The number of methoxy groups -OCH3 is 1. The largest absolute Gasteiger partial charge is 0.496 e. The monoisotopic (exact) mass is 397 g/mol. The van der Waals surface area contributed by atoms with Gasteiger partial charge < -0.3 is 14.5 Å². The number of nitrogens with one attached hydrogen (secondary N) is 1. The number of aryl methyl sites for hydroxylation is 1. The van der Waals surface area contributed by atoms with Crippen LogP contribution in [-0.4, -0.2) is 39.1 Å². The van der Waals surface area contributed by atoms with E-state index < -0.39 is 0 Å². The molecule has 0 saturated heterocycles. The van der Waals surface area contributed by atoms with Crippen LogP contribution < -0.4 is 10.1 Å². The fraction of sp³-hybridized carbons (Fsp3) is 0.263. The summed E-state index contributed by atoms with van der Waals surface area (Å²) >= 11 is 1.53. The van der Waals surface area contributed by atoms with Crippen molar-refractivity contribution < 1.29 is 13.9 Å². The van der Waals surface area contributed by atoms with Crippen LogP contribution in [0.5, 0.6) is 5.75 Å². The van der Waals surface area contributed by atoms with Crippen LogP contribution >= 0.6 is 11.3 Å². The number of para-hydroxylation sites is 1. The molecule has 0 spiro atoms. The number of fused-ring (bicyclic) bond motifs is 1. The minimum atomic E-state index is -0.104. The number of nitrogens with zero attached hydrogens (tertiary/aromatic N) is 4. The van der Waals surface area contributed by atoms with Crippen LogP contribution in [0.15, 0.2) is 40.4 Å². The molecule has 1 N–H and O–H groups in total. The van der Waals surface area contributed by atoms with Gasteiger partial charge >= 0.3 is 0 Å². The molecule has 0 aliphatic carbocycles. The Morgan fingerprint density at radius 3 is 3.07 bits per heavy atom. The lowest BCUT2D eigenvalue weighted by Gasteiger charge is -2.04. The van der Waals surface area contributed by atoms with E-state index in [1.165, 1.54) is 17.7 Å². The van der Waals surface area contributed by atoms with Crippen LogP contribution in [0.4, 0.5) is 0 Å². The molecule has 9 heteroatoms. The Balaban J connectivity index is 1.38. The molecular formula is C19H19N5O3S. The van der Waals surface area contributed by atoms with E-state index in [0.29, 0.717) is 36.1 Å². The fourth-order valence-electron chi connectivity index (χ4n) is 2.92. The lowest BCUT2D eigenvalue weighted by Crippen LogP contribution is -2.27. The van der Waals surface area contributed by atoms with Gasteiger partial charge in [-0.15, -0.1) is 11.3 Å². The first-order chi connectivity index (χ1) is 13.7. The number of hydrogen-bond donors (Lipinski definition) is 1. The zero-order valence-electron chi connectivity index (χ0n) is 15.5. The number of thiazole rings is 1. The first-order valence-electron chi connectivity index (χ1n) is 8.78. The summed E-state index contributed by atoms with van der Waals surface area (Å²) in [6.45, 7) is 2.32. The molecule has 0 unspecified atom stereocenters. The average Bonchev–Trinajstić information content (AvgIpc) is 3.40. The Labute approximate surface area is 165 Å². The second-order valence-corrected chi connectivity index (χ2v) is 7.02. The molecule has 28 heavy (non-hydrogen) atoms. The molecule has 0 aliphatic rings. The van der Waals surface area contributed by atoms with Gasteiger partial charge in [0.15, 0.2) is 0 Å². The van der Waals surface area contributed by atoms with Gasteiger partial charge in [-0.2, -0.15) is 5.10 Å². The standard InChI is InChI=1S/C19H19N5O3S/c1-12-15(23-18(27-12)14-5-3-4-6-16(14)26-2)9-17(25)20-8-7-13-10-28-19-21-11-22-24(13)19/h3-6,10-11H,7-9H2,1-2H3,(H,20,25). The number of ether oxygens (including phenoxy) is 1. The molecule has 144 valence electrons. The number of carbonyl (C=O) groups excluding carboxylic acids is 1. The Morgan fingerprint density at radius 2 is 2.21 bits per heavy atom. The minimum Gasteiger partial charge on any atom is -0.496 e. The lowest BCUT2D eigenvalue weighted by molar-refractivity contribution is -0.120. The number of carbonyl (C=O) groups is 1. The van der Waals surface area contributed by atoms with Crippen molar-refractivity contribution in [1.29, 1.82) is 0 Å². The molecule has 0 radical (unpaired) electrons. The van der Waals surface area contributed by atoms with E-state index in [0.717, 1.165) is 16.2 Å². The molecule has 0 bridgehead atoms. The van der Waals surface area contributed by atoms with Gasteiger partial charge in [-0.05, 0) is 19.1 Å². The summed E-state index contributed by atoms with van der Waals surface area (Å²) in [5, 5.41) is 9.10. The smallest absolute Gasteiger partial charge is 0.230 e. The maximum atomic E-state index is 12.3. The summed E-state index contributed by atoms with van der Waals surface area (Å²) in [7, 11) is 1.60. The molecule has 3 heterocycles. The highest BCUT2D eigenvalue weighted by Gasteiger charge is 2.17. The molecule has 4 rings (SSSR count). The van der Waals surface area contributed by atoms with Crippen LogP contribution in [0.1, 0.15) is 17.1 Å². The van der Waals surface area contributed by atoms with Crippen LogP contribution in [0.25, 0.3) is 16.4 Å². The molecule has 8 nitrogen and oxygen atoms in total. The van der Waals surface area contributed by atoms with E-state index in [1.54, 1.807) is 18.5 Å². The predicted molar refractivity (Wildman–Crippen MR) is 105 cm³/mol. The van der Waals surface area contributed by atoms with Gasteiger partial charge in [0.2, 0.25) is 16.8 Å². The Kier molecular flexibility index (Phi) is 5.07. The van der Waals surface area contributed by atoms with Crippen molar-refractivity contribution in [3.63, 3.8) is 0 Å². The van der Waals surface area contributed by atoms with Crippen molar-refractivity contribution >= 4 is 22.2 Å². The van der Waals surface area contributed by atoms with Crippen molar-refractivity contribution in [1.82, 2.24) is 24.9 Å². The van der Waals surface area contributed by atoms with Crippen molar-refractivity contribution in [2.24, 2.45) is 0 Å². The summed E-state index contributed by atoms with van der Waals surface area (Å²) in [5.41, 5.74) is 2.40. The van der Waals surface area contributed by atoms with E-state index in [1.807, 2.05) is 29.6 Å². The third-order valence-corrected chi connectivity index (χ3v) is 5.23. The fourth-order valence-corrected chi connectivity index (χ4v) is 3.75. The average molecular weight is 397 g/mol. The second kappa shape index (κ2) is 7.81. The number of aromatic nitrogens is 4. The summed E-state index contributed by atoms with van der Waals surface area (Å²) in [4.78, 5) is 21.8. The molecular weight excluding hydrogens is 378 g/mol. The van der Waals surface area contributed by atoms with E-state index in [-0.39, 0.29) is 12.3 Å². The van der Waals surface area contributed by atoms with Gasteiger partial charge in [-0.25, -0.2) is 14.5 Å². The maximum Gasteiger partial charge on any atom is 0.230 e. The third-order valence-electron chi connectivity index (χ3n) is 4.35. The summed E-state index contributed by atoms with van der Waals surface area (Å²) < 4.78 is 12.9. The van der Waals surface area contributed by atoms with E-state index in [9.17, 15) is 4.79 Å². The Hall–Kier alpha value is -3.20. The predicted octanol–water partition coefficient (Wildman–Crippen LogP) is 2.66. The number of rotatable bonds is 7. The number of amides is 1. The van der Waals surface area contributed by atoms with Gasteiger partial charge in [0.1, 0.15) is 17.8 Å². The van der Waals surface area contributed by atoms with Gasteiger partial charge in [0.05, 0.1) is 30.5 Å². The van der Waals surface area contributed by atoms with Crippen molar-refractivity contribution in [3.05, 3.63) is 53.1 Å². The van der Waals surface area contributed by atoms with Crippen LogP contribution in [-0.2, 0) is 17.6 Å². The minimum absolute atomic E-state index is 0.104. The molecule has 1 amide bonds. The highest BCUT2D eigenvalue weighted by atomic mass is 32.1. The zero-order chi connectivity index (χ0) is 19.5. The van der Waals surface area contributed by atoms with Gasteiger partial charge in [0.25, 0.3) is 0 Å². The highest BCUT2D eigenvalue weighted by molar-refractivity contribution is 7.15. The third kappa shape index (κ3) is 3.61. The van der Waals surface area contributed by atoms with Gasteiger partial charge in [-0.3, -0.25) is 4.79 Å². The quantitative estimate of drug-likeness (QED) is 0.515. The van der Waals surface area contributed by atoms with E-state index >= 15 is 0 Å². The van der Waals surface area contributed by atoms with Crippen molar-refractivity contribution in [3.8, 4) is 17.2 Å². The molecule has 0 aliphatic heterocycles. The number of hydrogen-bond acceptors (Lipinski definition) is 7. The number of oxazole rings is 1. The normalized spacial score (nSPS) is 11.1. The van der Waals surface area contributed by atoms with E-state index in [2.05, 4.69) is 20.4 Å². The van der Waals surface area contributed by atoms with Crippen LogP contribution in [0.3, 0.4) is 0 Å². The van der Waals surface area contributed by atoms with Crippen molar-refractivity contribution in [2.75, 3.05) is 13.7 Å². The van der Waals surface area contributed by atoms with Crippen molar-refractivity contribution in [2.45, 2.75) is 19.8 Å². The van der Waals surface area contributed by atoms with E-state index in [4.69, 9.17) is 9.15 Å². The number of benzene rings is 1. The van der Waals surface area contributed by atoms with Crippen LogP contribution in [0.2, 0.25) is 0 Å². The molecule has 0 atom stereocenters. The lowest BCUT2D eigenvalue weighted by atomic mass is 10.2. The molecule has 0 fully saturated rings. The Morgan fingerprint density at radius 1 is 1.36 bits per heavy atom. The molecule has 0 saturated carbocycles. The van der Waals surface area contributed by atoms with Crippen LogP contribution in [0, 0.1) is 6.92 Å². The second-order valence-electron chi connectivity index (χ2n) is 6.18. The van der Waals surface area contributed by atoms with Gasteiger partial charge in [-0.1, -0.05) is 12.1 Å². The summed E-state index contributed by atoms with van der Waals surface area (Å²) in [6.07, 6.45) is 2.37. The summed E-state index contributed by atoms with van der Waals surface area (Å²) in [5.74, 6) is 1.64. The molecule has 4 aromatic rings. The highest BCUT2D eigenvalue weighted by Crippen LogP contribution is 2.30. The van der Waals surface area contributed by atoms with Gasteiger partial charge in [0, 0.05) is 18.3 Å². The zero-order valence-corrected chi connectivity index (χ0v) is 16.3.